The third-order valence-electron chi connectivity index (χ3n) is 3.72. The third-order valence-corrected chi connectivity index (χ3v) is 3.72. The Morgan fingerprint density at radius 2 is 1.75 bits per heavy atom. The first kappa shape index (κ1) is 15.7. The van der Waals surface area contributed by atoms with Gasteiger partial charge in [0.15, 0.2) is 0 Å². The van der Waals surface area contributed by atoms with Gasteiger partial charge in [0.1, 0.15) is 0 Å². The molecule has 5 heteroatoms. The fraction of sp³-hybridized carbons (Fsp3) is 0.105. The second kappa shape index (κ2) is 7.37. The average molecular weight is 318 g/mol. The molecule has 2 heterocycles. The zero-order valence-electron chi connectivity index (χ0n) is 13.4. The van der Waals surface area contributed by atoms with Crippen molar-refractivity contribution in [1.29, 1.82) is 0 Å². The van der Waals surface area contributed by atoms with E-state index in [1.165, 1.54) is 0 Å². The number of nitrogens with one attached hydrogen (secondary N) is 1. The molecule has 1 amide bonds. The van der Waals surface area contributed by atoms with E-state index in [9.17, 15) is 4.79 Å². The minimum absolute atomic E-state index is 0.150. The molecule has 0 radical (unpaired) electrons. The Hall–Kier alpha value is -3.21. The fourth-order valence-corrected chi connectivity index (χ4v) is 2.32. The SMILES string of the molecule is CN(c1ccccc1)c1cncc(C(=O)NCc2ccncc2)c1. The summed E-state index contributed by atoms with van der Waals surface area (Å²) < 4.78 is 0. The summed E-state index contributed by atoms with van der Waals surface area (Å²) in [5.41, 5.74) is 3.43. The van der Waals surface area contributed by atoms with Gasteiger partial charge in [0.25, 0.3) is 5.91 Å². The summed E-state index contributed by atoms with van der Waals surface area (Å²) in [6.07, 6.45) is 6.73. The highest BCUT2D eigenvalue weighted by atomic mass is 16.1. The van der Waals surface area contributed by atoms with Crippen molar-refractivity contribution in [3.8, 4) is 0 Å². The van der Waals surface area contributed by atoms with E-state index in [0.29, 0.717) is 12.1 Å². The molecule has 0 atom stereocenters. The summed E-state index contributed by atoms with van der Waals surface area (Å²) >= 11 is 0. The van der Waals surface area contributed by atoms with Crippen molar-refractivity contribution in [3.63, 3.8) is 0 Å². The van der Waals surface area contributed by atoms with Gasteiger partial charge in [-0.05, 0) is 35.9 Å². The number of pyridine rings is 2. The van der Waals surface area contributed by atoms with Gasteiger partial charge in [-0.2, -0.15) is 0 Å². The van der Waals surface area contributed by atoms with E-state index in [1.807, 2.05) is 60.5 Å². The summed E-state index contributed by atoms with van der Waals surface area (Å²) in [5.74, 6) is -0.150. The van der Waals surface area contributed by atoms with Gasteiger partial charge >= 0.3 is 0 Å². The van der Waals surface area contributed by atoms with Crippen LogP contribution in [0.4, 0.5) is 11.4 Å². The van der Waals surface area contributed by atoms with Gasteiger partial charge in [0.05, 0.1) is 17.4 Å². The number of nitrogens with zero attached hydrogens (tertiary/aromatic N) is 3. The topological polar surface area (TPSA) is 58.1 Å². The molecule has 0 aliphatic rings. The molecule has 1 aromatic carbocycles. The number of hydrogen-bond donors (Lipinski definition) is 1. The number of benzene rings is 1. The van der Waals surface area contributed by atoms with Crippen molar-refractivity contribution in [1.82, 2.24) is 15.3 Å². The molecule has 24 heavy (non-hydrogen) atoms. The first-order valence-electron chi connectivity index (χ1n) is 7.65. The van der Waals surface area contributed by atoms with E-state index in [2.05, 4.69) is 15.3 Å². The second-order valence-corrected chi connectivity index (χ2v) is 5.36. The van der Waals surface area contributed by atoms with Crippen molar-refractivity contribution in [2.45, 2.75) is 6.54 Å². The Bertz CT molecular complexity index is 806. The summed E-state index contributed by atoms with van der Waals surface area (Å²) in [7, 11) is 1.95. The van der Waals surface area contributed by atoms with Crippen molar-refractivity contribution in [3.05, 3.63) is 84.4 Å². The van der Waals surface area contributed by atoms with Gasteiger partial charge in [-0.25, -0.2) is 0 Å². The number of amides is 1. The molecule has 0 saturated heterocycles. The van der Waals surface area contributed by atoms with Crippen LogP contribution in [0, 0.1) is 0 Å². The second-order valence-electron chi connectivity index (χ2n) is 5.36. The molecular formula is C19H18N4O. The maximum Gasteiger partial charge on any atom is 0.253 e. The predicted octanol–water partition coefficient (Wildman–Crippen LogP) is 3.17. The molecular weight excluding hydrogens is 300 g/mol. The zero-order chi connectivity index (χ0) is 16.8. The van der Waals surface area contributed by atoms with E-state index in [0.717, 1.165) is 16.9 Å². The maximum atomic E-state index is 12.3. The molecule has 3 aromatic rings. The number of hydrogen-bond acceptors (Lipinski definition) is 4. The quantitative estimate of drug-likeness (QED) is 0.785. The predicted molar refractivity (Wildman–Crippen MR) is 94.1 cm³/mol. The molecule has 0 spiro atoms. The lowest BCUT2D eigenvalue weighted by atomic mass is 10.2. The normalized spacial score (nSPS) is 10.2. The Morgan fingerprint density at radius 3 is 2.50 bits per heavy atom. The van der Waals surface area contributed by atoms with Crippen molar-refractivity contribution in [2.24, 2.45) is 0 Å². The van der Waals surface area contributed by atoms with E-state index >= 15 is 0 Å². The molecule has 0 unspecified atom stereocenters. The van der Waals surface area contributed by atoms with E-state index in [-0.39, 0.29) is 5.91 Å². The van der Waals surface area contributed by atoms with Crippen LogP contribution in [0.1, 0.15) is 15.9 Å². The highest BCUT2D eigenvalue weighted by Crippen LogP contribution is 2.22. The highest BCUT2D eigenvalue weighted by Gasteiger charge is 2.10. The van der Waals surface area contributed by atoms with Gasteiger partial charge < -0.3 is 10.2 Å². The van der Waals surface area contributed by atoms with Gasteiger partial charge in [-0.3, -0.25) is 14.8 Å². The summed E-state index contributed by atoms with van der Waals surface area (Å²) in [4.78, 5) is 22.5. The van der Waals surface area contributed by atoms with Crippen LogP contribution in [0.5, 0.6) is 0 Å². The van der Waals surface area contributed by atoms with Gasteiger partial charge in [-0.15, -0.1) is 0 Å². The van der Waals surface area contributed by atoms with Crippen LogP contribution in [-0.4, -0.2) is 22.9 Å². The van der Waals surface area contributed by atoms with Crippen LogP contribution >= 0.6 is 0 Å². The smallest absolute Gasteiger partial charge is 0.253 e. The first-order valence-corrected chi connectivity index (χ1v) is 7.65. The van der Waals surface area contributed by atoms with Crippen LogP contribution in [0.25, 0.3) is 0 Å². The first-order chi connectivity index (χ1) is 11.7. The standard InChI is InChI=1S/C19H18N4O/c1-23(17-5-3-2-4-6-17)18-11-16(13-21-14-18)19(24)22-12-15-7-9-20-10-8-15/h2-11,13-14H,12H2,1H3,(H,22,24). The largest absolute Gasteiger partial charge is 0.348 e. The number of para-hydroxylation sites is 1. The molecule has 0 aliphatic heterocycles. The van der Waals surface area contributed by atoms with Crippen molar-refractivity contribution in [2.75, 3.05) is 11.9 Å². The van der Waals surface area contributed by atoms with E-state index in [1.54, 1.807) is 24.8 Å². The van der Waals surface area contributed by atoms with Crippen molar-refractivity contribution < 1.29 is 4.79 Å². The molecule has 0 bridgehead atoms. The van der Waals surface area contributed by atoms with Gasteiger partial charge in [0, 0.05) is 37.9 Å². The molecule has 2 aromatic heterocycles. The van der Waals surface area contributed by atoms with Crippen LogP contribution in [0.3, 0.4) is 0 Å². The van der Waals surface area contributed by atoms with Crippen LogP contribution in [-0.2, 0) is 6.54 Å². The number of aromatic nitrogens is 2. The number of rotatable bonds is 5. The van der Waals surface area contributed by atoms with Crippen LogP contribution in [0.2, 0.25) is 0 Å². The number of anilines is 2. The Labute approximate surface area is 141 Å². The summed E-state index contributed by atoms with van der Waals surface area (Å²) in [6, 6.07) is 15.5. The lowest BCUT2D eigenvalue weighted by Gasteiger charge is -2.19. The minimum atomic E-state index is -0.150. The van der Waals surface area contributed by atoms with Crippen molar-refractivity contribution >= 4 is 17.3 Å². The average Bonchev–Trinajstić information content (AvgIpc) is 2.67. The molecule has 0 fully saturated rings. The maximum absolute atomic E-state index is 12.3. The zero-order valence-corrected chi connectivity index (χ0v) is 13.4. The molecule has 0 saturated carbocycles. The monoisotopic (exact) mass is 318 g/mol. The number of carbonyl (C=O) groups excluding carboxylic acids is 1. The lowest BCUT2D eigenvalue weighted by molar-refractivity contribution is 0.0950. The molecule has 0 aliphatic carbocycles. The van der Waals surface area contributed by atoms with E-state index in [4.69, 9.17) is 0 Å². The van der Waals surface area contributed by atoms with Crippen LogP contribution < -0.4 is 10.2 Å². The van der Waals surface area contributed by atoms with Gasteiger partial charge in [-0.1, -0.05) is 18.2 Å². The Kier molecular flexibility index (Phi) is 4.81. The summed E-state index contributed by atoms with van der Waals surface area (Å²) in [6.45, 7) is 0.458. The summed E-state index contributed by atoms with van der Waals surface area (Å²) in [5, 5.41) is 2.90. The molecule has 5 nitrogen and oxygen atoms in total. The molecule has 3 rings (SSSR count). The van der Waals surface area contributed by atoms with Gasteiger partial charge in [0.2, 0.25) is 0 Å². The molecule has 120 valence electrons. The number of carbonyl (C=O) groups is 1. The minimum Gasteiger partial charge on any atom is -0.348 e. The van der Waals surface area contributed by atoms with E-state index < -0.39 is 0 Å². The third kappa shape index (κ3) is 3.76. The Morgan fingerprint density at radius 1 is 1.00 bits per heavy atom. The van der Waals surface area contributed by atoms with Crippen LogP contribution in [0.15, 0.2) is 73.3 Å². The molecule has 1 N–H and O–H groups in total. The lowest BCUT2D eigenvalue weighted by Crippen LogP contribution is -2.23. The Balaban J connectivity index is 1.71. The fourth-order valence-electron chi connectivity index (χ4n) is 2.32. The highest BCUT2D eigenvalue weighted by molar-refractivity contribution is 5.94.